The van der Waals surface area contributed by atoms with Crippen LogP contribution in [0.2, 0.25) is 0 Å². The van der Waals surface area contributed by atoms with Crippen molar-refractivity contribution in [2.45, 2.75) is 45.1 Å². The van der Waals surface area contributed by atoms with Crippen molar-refractivity contribution >= 4 is 50.2 Å². The number of likely N-dealkylation sites (tertiary alicyclic amines) is 3. The molecule has 198 valence electrons. The van der Waals surface area contributed by atoms with Crippen molar-refractivity contribution < 1.29 is 23.8 Å². The Morgan fingerprint density at radius 1 is 1.19 bits per heavy atom. The van der Waals surface area contributed by atoms with E-state index < -0.39 is 21.9 Å². The maximum atomic E-state index is 13.7. The number of piperidine rings is 2. The van der Waals surface area contributed by atoms with Crippen molar-refractivity contribution in [2.24, 2.45) is 5.41 Å². The highest BCUT2D eigenvalue weighted by Gasteiger charge is 2.60. The Bertz CT molecular complexity index is 1250. The van der Waals surface area contributed by atoms with Crippen LogP contribution < -0.4 is 10.6 Å². The Hall–Kier alpha value is -2.86. The summed E-state index contributed by atoms with van der Waals surface area (Å²) >= 11 is 1.39. The average Bonchev–Trinajstić information content (AvgIpc) is 3.32. The van der Waals surface area contributed by atoms with E-state index in [9.17, 15) is 24.4 Å². The van der Waals surface area contributed by atoms with Gasteiger partial charge in [-0.25, -0.2) is 19.0 Å². The third kappa shape index (κ3) is 4.54. The molecule has 1 spiro atoms. The van der Waals surface area contributed by atoms with E-state index in [1.165, 1.54) is 11.3 Å². The van der Waals surface area contributed by atoms with Gasteiger partial charge in [-0.3, -0.25) is 15.0 Å². The summed E-state index contributed by atoms with van der Waals surface area (Å²) in [5, 5.41) is 19.5. The molecule has 1 aromatic heterocycles. The van der Waals surface area contributed by atoms with Gasteiger partial charge in [0.1, 0.15) is 10.4 Å². The molecule has 0 bridgehead atoms. The van der Waals surface area contributed by atoms with Crippen molar-refractivity contribution in [1.82, 2.24) is 15.1 Å². The molecule has 11 heteroatoms. The van der Waals surface area contributed by atoms with Crippen LogP contribution in [0.4, 0.5) is 9.80 Å². The van der Waals surface area contributed by atoms with E-state index in [2.05, 4.69) is 15.5 Å². The zero-order valence-corrected chi connectivity index (χ0v) is 22.1. The zero-order chi connectivity index (χ0) is 26.4. The number of imide groups is 1. The number of carbonyl (C=O) groups excluding carboxylic acids is 4. The minimum absolute atomic E-state index is 0.0201. The molecule has 3 aliphatic rings. The maximum absolute atomic E-state index is 13.7. The Morgan fingerprint density at radius 2 is 1.92 bits per heavy atom. The van der Waals surface area contributed by atoms with Crippen LogP contribution in [-0.2, 0) is 9.59 Å². The lowest BCUT2D eigenvalue weighted by atomic mass is 9.77. The van der Waals surface area contributed by atoms with Crippen LogP contribution in [0.15, 0.2) is 24.3 Å². The minimum atomic E-state index is -1.40. The molecule has 2 unspecified atom stereocenters. The highest BCUT2D eigenvalue weighted by Crippen LogP contribution is 2.44. The number of nitrogens with one attached hydrogen (secondary N) is 2. The number of thiophene rings is 1. The van der Waals surface area contributed by atoms with Gasteiger partial charge in [-0.1, -0.05) is 18.2 Å². The van der Waals surface area contributed by atoms with Gasteiger partial charge in [-0.05, 0) is 45.2 Å². The fraction of sp³-hybridized carbons (Fsp3) is 0.538. The number of nitrogens with zero attached hydrogens (tertiary/aromatic N) is 3. The van der Waals surface area contributed by atoms with Crippen LogP contribution in [-0.4, -0.2) is 84.0 Å². The molecule has 0 saturated carbocycles. The molecule has 4 heterocycles. The standard InChI is InChI=1S/C26H33N5O5S/c1-3-27-25(35)28-22-21(18-7-4-5-8-19(18)37-22)23(33)29-13-9-17(10-14-29)30-12-6-11-26(16-30)15-20(32)31(2,36)24(26)34/h4-5,7-8,17H,3,6,9-16H2,1-2H3,(H2,27,28,35). The molecule has 1 aromatic carbocycles. The monoisotopic (exact) mass is 527 g/mol. The Morgan fingerprint density at radius 3 is 2.59 bits per heavy atom. The summed E-state index contributed by atoms with van der Waals surface area (Å²) in [6.45, 7) is 4.68. The number of fused-ring (bicyclic) bond motifs is 1. The van der Waals surface area contributed by atoms with Crippen molar-refractivity contribution in [3.05, 3.63) is 35.0 Å². The lowest BCUT2D eigenvalue weighted by Crippen LogP contribution is -2.55. The lowest BCUT2D eigenvalue weighted by Gasteiger charge is -2.44. The van der Waals surface area contributed by atoms with E-state index in [1.807, 2.05) is 36.1 Å². The number of urea groups is 1. The third-order valence-electron chi connectivity index (χ3n) is 8.06. The van der Waals surface area contributed by atoms with Gasteiger partial charge in [-0.2, -0.15) is 0 Å². The second-order valence-electron chi connectivity index (χ2n) is 10.5. The fourth-order valence-electron chi connectivity index (χ4n) is 6.13. The van der Waals surface area contributed by atoms with E-state index in [1.54, 1.807) is 0 Å². The quantitative estimate of drug-likeness (QED) is 0.358. The highest BCUT2D eigenvalue weighted by molar-refractivity contribution is 7.23. The van der Waals surface area contributed by atoms with E-state index in [0.29, 0.717) is 43.2 Å². The molecule has 5 rings (SSSR count). The van der Waals surface area contributed by atoms with Crippen LogP contribution in [0.25, 0.3) is 10.1 Å². The van der Waals surface area contributed by atoms with Gasteiger partial charge in [0.25, 0.3) is 5.91 Å². The first-order valence-corrected chi connectivity index (χ1v) is 13.7. The van der Waals surface area contributed by atoms with E-state index in [4.69, 9.17) is 0 Å². The smallest absolute Gasteiger partial charge is 0.329 e. The predicted molar refractivity (Wildman–Crippen MR) is 141 cm³/mol. The number of hydrogen-bond acceptors (Lipinski definition) is 7. The number of rotatable bonds is 4. The molecule has 0 aliphatic carbocycles. The second kappa shape index (κ2) is 9.79. The SMILES string of the molecule is CCNC(=O)Nc1sc2ccccc2c1C(=O)N1CCC(N2CCCC3(CC(=O)[N+](C)([O-])C3=O)C2)CC1. The molecule has 5 amide bonds. The molecule has 0 radical (unpaired) electrons. The number of carbonyl (C=O) groups is 4. The van der Waals surface area contributed by atoms with Crippen LogP contribution in [0.3, 0.4) is 0 Å². The number of hydrogen-bond donors (Lipinski definition) is 2. The summed E-state index contributed by atoms with van der Waals surface area (Å²) in [7, 11) is 1.16. The van der Waals surface area contributed by atoms with E-state index >= 15 is 0 Å². The fourth-order valence-corrected chi connectivity index (χ4v) is 7.22. The van der Waals surface area contributed by atoms with Gasteiger partial charge < -0.3 is 15.4 Å². The first-order valence-electron chi connectivity index (χ1n) is 12.9. The lowest BCUT2D eigenvalue weighted by molar-refractivity contribution is -0.698. The van der Waals surface area contributed by atoms with Crippen molar-refractivity contribution in [2.75, 3.05) is 45.1 Å². The number of hydroxylamine groups is 3. The summed E-state index contributed by atoms with van der Waals surface area (Å²) in [6.07, 6.45) is 2.86. The number of quaternary nitrogens is 1. The van der Waals surface area contributed by atoms with Crippen molar-refractivity contribution in [3.63, 3.8) is 0 Å². The summed E-state index contributed by atoms with van der Waals surface area (Å²) in [5.41, 5.74) is -0.363. The summed E-state index contributed by atoms with van der Waals surface area (Å²) in [4.78, 5) is 55.2. The van der Waals surface area contributed by atoms with Crippen molar-refractivity contribution in [1.29, 1.82) is 0 Å². The summed E-state index contributed by atoms with van der Waals surface area (Å²) in [5.74, 6) is -1.16. The molecule has 3 fully saturated rings. The van der Waals surface area contributed by atoms with Crippen LogP contribution in [0, 0.1) is 10.6 Å². The molecule has 2 N–H and O–H groups in total. The largest absolute Gasteiger partial charge is 0.618 e. The van der Waals surface area contributed by atoms with Gasteiger partial charge in [0.2, 0.25) is 0 Å². The first-order chi connectivity index (χ1) is 17.7. The zero-order valence-electron chi connectivity index (χ0n) is 21.2. The molecular formula is C26H33N5O5S. The average molecular weight is 528 g/mol. The Kier molecular flexibility index (Phi) is 6.82. The third-order valence-corrected chi connectivity index (χ3v) is 9.14. The van der Waals surface area contributed by atoms with Crippen LogP contribution >= 0.6 is 11.3 Å². The minimum Gasteiger partial charge on any atom is -0.618 e. The molecule has 3 aliphatic heterocycles. The normalized spacial score (nSPS) is 27.3. The molecule has 10 nitrogen and oxygen atoms in total. The molecular weight excluding hydrogens is 494 g/mol. The second-order valence-corrected chi connectivity index (χ2v) is 11.5. The summed E-state index contributed by atoms with van der Waals surface area (Å²) < 4.78 is -0.465. The van der Waals surface area contributed by atoms with E-state index in [0.717, 1.165) is 42.9 Å². The van der Waals surface area contributed by atoms with Crippen LogP contribution in [0.1, 0.15) is 49.4 Å². The Labute approximate surface area is 219 Å². The molecule has 2 atom stereocenters. The number of benzene rings is 1. The van der Waals surface area contributed by atoms with Gasteiger partial charge in [0.15, 0.2) is 0 Å². The first kappa shape index (κ1) is 25.8. The summed E-state index contributed by atoms with van der Waals surface area (Å²) in [6, 6.07) is 7.50. The topological polar surface area (TPSA) is 122 Å². The predicted octanol–water partition coefficient (Wildman–Crippen LogP) is 3.13. The van der Waals surface area contributed by atoms with E-state index in [-0.39, 0.29) is 24.4 Å². The number of amides is 5. The number of anilines is 1. The highest BCUT2D eigenvalue weighted by atomic mass is 32.1. The maximum Gasteiger partial charge on any atom is 0.329 e. The molecule has 37 heavy (non-hydrogen) atoms. The van der Waals surface area contributed by atoms with Gasteiger partial charge in [0.05, 0.1) is 19.0 Å². The van der Waals surface area contributed by atoms with Crippen LogP contribution in [0.5, 0.6) is 0 Å². The van der Waals surface area contributed by atoms with Gasteiger partial charge in [-0.15, -0.1) is 11.3 Å². The van der Waals surface area contributed by atoms with Gasteiger partial charge >= 0.3 is 17.8 Å². The van der Waals surface area contributed by atoms with Crippen molar-refractivity contribution in [3.8, 4) is 0 Å². The van der Waals surface area contributed by atoms with Gasteiger partial charge in [0, 0.05) is 42.3 Å². The molecule has 3 saturated heterocycles. The molecule has 2 aromatic rings. The Balaban J connectivity index is 1.29.